The minimum Gasteiger partial charge on any atom is -0.444 e. The second kappa shape index (κ2) is 13.9. The number of carbonyl (C=O) groups excluding carboxylic acids is 3. The lowest BCUT2D eigenvalue weighted by atomic mass is 9.78. The van der Waals surface area contributed by atoms with Gasteiger partial charge in [0.2, 0.25) is 5.91 Å². The molecule has 9 heteroatoms. The van der Waals surface area contributed by atoms with Crippen molar-refractivity contribution in [3.8, 4) is 0 Å². The number of hydrogen-bond donors (Lipinski definition) is 4. The van der Waals surface area contributed by atoms with Gasteiger partial charge in [0, 0.05) is 26.2 Å². The van der Waals surface area contributed by atoms with E-state index in [0.717, 1.165) is 5.56 Å². The molecular weight excluding hydrogens is 448 g/mol. The molecule has 0 saturated carbocycles. The molecule has 0 bridgehead atoms. The smallest absolute Gasteiger partial charge is 0.407 e. The summed E-state index contributed by atoms with van der Waals surface area (Å²) in [5.74, 6) is -0.140. The summed E-state index contributed by atoms with van der Waals surface area (Å²) < 4.78 is 10.5. The second-order valence-electron chi connectivity index (χ2n) is 10.7. The van der Waals surface area contributed by atoms with Crippen LogP contribution in [0.25, 0.3) is 0 Å². The van der Waals surface area contributed by atoms with Crippen molar-refractivity contribution in [2.75, 3.05) is 19.6 Å². The minimum atomic E-state index is -0.833. The molecule has 35 heavy (non-hydrogen) atoms. The van der Waals surface area contributed by atoms with E-state index in [9.17, 15) is 14.4 Å². The van der Waals surface area contributed by atoms with Crippen molar-refractivity contribution in [1.82, 2.24) is 16.0 Å². The summed E-state index contributed by atoms with van der Waals surface area (Å²) in [6, 6.07) is 9.65. The zero-order valence-electron chi connectivity index (χ0n) is 22.2. The predicted molar refractivity (Wildman–Crippen MR) is 137 cm³/mol. The van der Waals surface area contributed by atoms with Crippen LogP contribution in [0.3, 0.4) is 0 Å². The third kappa shape index (κ3) is 13.0. The number of amides is 3. The summed E-state index contributed by atoms with van der Waals surface area (Å²) in [6.07, 6.45) is 1.07. The molecule has 0 radical (unpaired) electrons. The molecular formula is C26H44N4O5. The molecule has 0 spiro atoms. The molecule has 0 saturated heterocycles. The van der Waals surface area contributed by atoms with Crippen molar-refractivity contribution < 1.29 is 23.9 Å². The fourth-order valence-electron chi connectivity index (χ4n) is 3.48. The fourth-order valence-corrected chi connectivity index (χ4v) is 3.48. The molecule has 3 amide bonds. The highest BCUT2D eigenvalue weighted by molar-refractivity contribution is 5.83. The zero-order chi connectivity index (χ0) is 26.5. The normalized spacial score (nSPS) is 12.0. The summed E-state index contributed by atoms with van der Waals surface area (Å²) in [5, 5.41) is 8.47. The van der Waals surface area contributed by atoms with Crippen LogP contribution in [0.4, 0.5) is 9.59 Å². The van der Waals surface area contributed by atoms with Crippen LogP contribution in [-0.2, 0) is 20.8 Å². The number of hydrogen-bond acceptors (Lipinski definition) is 6. The molecule has 0 aliphatic heterocycles. The standard InChI is InChI=1S/C26H44N4O5/c1-24(2,3)34-22(32)28-16-10-14-26(19-27,15-11-17-29-23(33)35-25(4,5)6)21(31)30-18-20-12-8-7-9-13-20/h7-9,12-13H,10-11,14-19,27H2,1-6H3,(H,28,32)(H,29,33)(H,30,31). The molecule has 0 unspecified atom stereocenters. The van der Waals surface area contributed by atoms with Gasteiger partial charge in [0.05, 0.1) is 5.41 Å². The lowest BCUT2D eigenvalue weighted by Gasteiger charge is -2.32. The van der Waals surface area contributed by atoms with Gasteiger partial charge in [0.1, 0.15) is 11.2 Å². The molecule has 0 aliphatic rings. The Morgan fingerprint density at radius 3 is 1.63 bits per heavy atom. The van der Waals surface area contributed by atoms with Crippen molar-refractivity contribution in [3.63, 3.8) is 0 Å². The Hall–Kier alpha value is -2.81. The topological polar surface area (TPSA) is 132 Å². The number of rotatable bonds is 12. The molecule has 1 aromatic carbocycles. The lowest BCUT2D eigenvalue weighted by molar-refractivity contribution is -0.131. The van der Waals surface area contributed by atoms with E-state index in [4.69, 9.17) is 15.2 Å². The second-order valence-corrected chi connectivity index (χ2v) is 10.7. The largest absolute Gasteiger partial charge is 0.444 e. The molecule has 5 N–H and O–H groups in total. The summed E-state index contributed by atoms with van der Waals surface area (Å²) in [5.41, 5.74) is 5.14. The van der Waals surface area contributed by atoms with Gasteiger partial charge in [-0.05, 0) is 72.8 Å². The molecule has 9 nitrogen and oxygen atoms in total. The van der Waals surface area contributed by atoms with Crippen LogP contribution in [0, 0.1) is 5.41 Å². The van der Waals surface area contributed by atoms with Crippen LogP contribution in [0.2, 0.25) is 0 Å². The molecule has 1 rings (SSSR count). The molecule has 0 fully saturated rings. The van der Waals surface area contributed by atoms with E-state index in [2.05, 4.69) is 16.0 Å². The summed E-state index contributed by atoms with van der Waals surface area (Å²) in [7, 11) is 0. The van der Waals surface area contributed by atoms with Gasteiger partial charge >= 0.3 is 12.2 Å². The first-order valence-electron chi connectivity index (χ1n) is 12.2. The molecule has 0 atom stereocenters. The molecule has 0 heterocycles. The maximum atomic E-state index is 13.3. The van der Waals surface area contributed by atoms with Crippen LogP contribution in [0.15, 0.2) is 30.3 Å². The Balaban J connectivity index is 2.72. The van der Waals surface area contributed by atoms with Crippen LogP contribution in [-0.4, -0.2) is 48.9 Å². The number of nitrogens with one attached hydrogen (secondary N) is 3. The first-order chi connectivity index (χ1) is 16.3. The number of nitrogens with two attached hydrogens (primary N) is 1. The summed E-state index contributed by atoms with van der Waals surface area (Å²) in [6.45, 7) is 12.1. The quantitative estimate of drug-likeness (QED) is 0.328. The molecule has 198 valence electrons. The highest BCUT2D eigenvalue weighted by Gasteiger charge is 2.36. The zero-order valence-corrected chi connectivity index (χ0v) is 22.2. The van der Waals surface area contributed by atoms with E-state index >= 15 is 0 Å². The SMILES string of the molecule is CC(C)(C)OC(=O)NCCCC(CN)(CCCNC(=O)OC(C)(C)C)C(=O)NCc1ccccc1. The first kappa shape index (κ1) is 30.2. The minimum absolute atomic E-state index is 0.140. The van der Waals surface area contributed by atoms with Gasteiger partial charge < -0.3 is 31.2 Å². The van der Waals surface area contributed by atoms with Crippen molar-refractivity contribution in [1.29, 1.82) is 0 Å². The van der Waals surface area contributed by atoms with Crippen molar-refractivity contribution in [3.05, 3.63) is 35.9 Å². The molecule has 1 aromatic rings. The Bertz CT molecular complexity index is 764. The third-order valence-electron chi connectivity index (χ3n) is 5.17. The van der Waals surface area contributed by atoms with Crippen LogP contribution in [0.1, 0.15) is 72.8 Å². The Morgan fingerprint density at radius 2 is 1.23 bits per heavy atom. The number of carbonyl (C=O) groups is 3. The number of alkyl carbamates (subject to hydrolysis) is 2. The average Bonchev–Trinajstić information content (AvgIpc) is 2.75. The van der Waals surface area contributed by atoms with E-state index in [0.29, 0.717) is 45.3 Å². The highest BCUT2D eigenvalue weighted by atomic mass is 16.6. The maximum Gasteiger partial charge on any atom is 0.407 e. The van der Waals surface area contributed by atoms with Gasteiger partial charge in [-0.1, -0.05) is 30.3 Å². The van der Waals surface area contributed by atoms with Crippen molar-refractivity contribution >= 4 is 18.1 Å². The van der Waals surface area contributed by atoms with Crippen LogP contribution < -0.4 is 21.7 Å². The van der Waals surface area contributed by atoms with Crippen LogP contribution >= 0.6 is 0 Å². The third-order valence-corrected chi connectivity index (χ3v) is 5.17. The maximum absolute atomic E-state index is 13.3. The highest BCUT2D eigenvalue weighted by Crippen LogP contribution is 2.29. The van der Waals surface area contributed by atoms with Gasteiger partial charge in [-0.15, -0.1) is 0 Å². The van der Waals surface area contributed by atoms with Gasteiger partial charge in [-0.3, -0.25) is 4.79 Å². The number of benzene rings is 1. The van der Waals surface area contributed by atoms with Crippen LogP contribution in [0.5, 0.6) is 0 Å². The van der Waals surface area contributed by atoms with Gasteiger partial charge in [-0.25, -0.2) is 9.59 Å². The van der Waals surface area contributed by atoms with Gasteiger partial charge in [-0.2, -0.15) is 0 Å². The van der Waals surface area contributed by atoms with E-state index in [1.165, 1.54) is 0 Å². The summed E-state index contributed by atoms with van der Waals surface area (Å²) in [4.78, 5) is 37.1. The van der Waals surface area contributed by atoms with Gasteiger partial charge in [0.25, 0.3) is 0 Å². The van der Waals surface area contributed by atoms with Crippen molar-refractivity contribution in [2.24, 2.45) is 11.1 Å². The van der Waals surface area contributed by atoms with E-state index in [1.54, 1.807) is 41.5 Å². The molecule has 0 aliphatic carbocycles. The Morgan fingerprint density at radius 1 is 0.771 bits per heavy atom. The van der Waals surface area contributed by atoms with Gasteiger partial charge in [0.15, 0.2) is 0 Å². The lowest BCUT2D eigenvalue weighted by Crippen LogP contribution is -2.46. The fraction of sp³-hybridized carbons (Fsp3) is 0.654. The monoisotopic (exact) mass is 492 g/mol. The van der Waals surface area contributed by atoms with E-state index in [-0.39, 0.29) is 12.5 Å². The Kier molecular flexibility index (Phi) is 12.0. The first-order valence-corrected chi connectivity index (χ1v) is 12.2. The van der Waals surface area contributed by atoms with E-state index in [1.807, 2.05) is 30.3 Å². The molecule has 0 aromatic heterocycles. The van der Waals surface area contributed by atoms with E-state index < -0.39 is 28.8 Å². The summed E-state index contributed by atoms with van der Waals surface area (Å²) >= 11 is 0. The average molecular weight is 493 g/mol. The Labute approximate surface area is 209 Å². The van der Waals surface area contributed by atoms with Crippen molar-refractivity contribution in [2.45, 2.75) is 85.0 Å². The predicted octanol–water partition coefficient (Wildman–Crippen LogP) is 3.86. The number of ether oxygens (including phenoxy) is 2.